The second-order valence-corrected chi connectivity index (χ2v) is 6.44. The minimum Gasteiger partial charge on any atom is -0.326 e. The molecule has 1 aliphatic rings. The fourth-order valence-corrected chi connectivity index (χ4v) is 2.94. The summed E-state index contributed by atoms with van der Waals surface area (Å²) in [6.45, 7) is 1.79. The molecule has 0 aromatic heterocycles. The van der Waals surface area contributed by atoms with Crippen molar-refractivity contribution in [1.29, 1.82) is 0 Å². The molecule has 1 heterocycles. The molecule has 1 saturated heterocycles. The number of hydrogen-bond acceptors (Lipinski definition) is 3. The van der Waals surface area contributed by atoms with Gasteiger partial charge in [-0.15, -0.1) is 0 Å². The van der Waals surface area contributed by atoms with E-state index < -0.39 is 5.92 Å². The Labute approximate surface area is 150 Å². The summed E-state index contributed by atoms with van der Waals surface area (Å²) in [5.74, 6) is -0.837. The molecule has 2 amide bonds. The largest absolute Gasteiger partial charge is 0.326 e. The highest BCUT2D eigenvalue weighted by Crippen LogP contribution is 2.27. The fraction of sp³-hybridized carbons (Fsp3) is 0.211. The number of benzene rings is 2. The van der Waals surface area contributed by atoms with E-state index in [4.69, 9.17) is 11.6 Å². The van der Waals surface area contributed by atoms with E-state index in [2.05, 4.69) is 5.32 Å². The van der Waals surface area contributed by atoms with Crippen molar-refractivity contribution in [3.63, 3.8) is 0 Å². The van der Waals surface area contributed by atoms with Gasteiger partial charge in [-0.05, 0) is 43.3 Å². The second kappa shape index (κ2) is 7.07. The number of amides is 2. The van der Waals surface area contributed by atoms with Crippen molar-refractivity contribution in [3.8, 4) is 0 Å². The maximum atomic E-state index is 12.5. The fourth-order valence-electron chi connectivity index (χ4n) is 2.81. The molecule has 1 N–H and O–H groups in total. The summed E-state index contributed by atoms with van der Waals surface area (Å²) in [5, 5.41) is 3.38. The lowest BCUT2D eigenvalue weighted by atomic mass is 10.1. The van der Waals surface area contributed by atoms with Crippen molar-refractivity contribution in [2.75, 3.05) is 16.8 Å². The maximum Gasteiger partial charge on any atom is 0.229 e. The number of carbonyl (C=O) groups excluding carboxylic acids is 3. The predicted octanol–water partition coefficient (Wildman–Crippen LogP) is 3.53. The molecule has 2 aromatic rings. The SMILES string of the molecule is CC(=O)c1cccc(NC(=O)[C@H]2CC(=O)N(c3ccc(Cl)cc3)C2)c1. The quantitative estimate of drug-likeness (QED) is 0.852. The number of nitrogens with one attached hydrogen (secondary N) is 1. The lowest BCUT2D eigenvalue weighted by Crippen LogP contribution is -2.28. The molecule has 2 aromatic carbocycles. The zero-order valence-electron chi connectivity index (χ0n) is 13.7. The van der Waals surface area contributed by atoms with Crippen LogP contribution >= 0.6 is 11.6 Å². The van der Waals surface area contributed by atoms with Gasteiger partial charge in [0.2, 0.25) is 11.8 Å². The van der Waals surface area contributed by atoms with Crippen LogP contribution in [0.1, 0.15) is 23.7 Å². The minimum atomic E-state index is -0.441. The summed E-state index contributed by atoms with van der Waals surface area (Å²) < 4.78 is 0. The Morgan fingerprint density at radius 1 is 1.16 bits per heavy atom. The summed E-state index contributed by atoms with van der Waals surface area (Å²) >= 11 is 5.87. The monoisotopic (exact) mass is 356 g/mol. The second-order valence-electron chi connectivity index (χ2n) is 6.01. The van der Waals surface area contributed by atoms with Crippen LogP contribution < -0.4 is 10.2 Å². The summed E-state index contributed by atoms with van der Waals surface area (Å²) in [4.78, 5) is 37.7. The van der Waals surface area contributed by atoms with E-state index >= 15 is 0 Å². The first kappa shape index (κ1) is 17.2. The summed E-state index contributed by atoms with van der Waals surface area (Å²) in [6, 6.07) is 13.7. The lowest BCUT2D eigenvalue weighted by molar-refractivity contribution is -0.122. The Balaban J connectivity index is 1.69. The molecule has 0 saturated carbocycles. The van der Waals surface area contributed by atoms with Gasteiger partial charge >= 0.3 is 0 Å². The van der Waals surface area contributed by atoms with Gasteiger partial charge in [0.05, 0.1) is 5.92 Å². The number of rotatable bonds is 4. The van der Waals surface area contributed by atoms with Crippen LogP contribution in [-0.4, -0.2) is 24.1 Å². The molecule has 3 rings (SSSR count). The van der Waals surface area contributed by atoms with Gasteiger partial charge in [-0.3, -0.25) is 14.4 Å². The van der Waals surface area contributed by atoms with Crippen LogP contribution in [0.15, 0.2) is 48.5 Å². The first-order valence-corrected chi connectivity index (χ1v) is 8.29. The van der Waals surface area contributed by atoms with Crippen molar-refractivity contribution in [1.82, 2.24) is 0 Å². The highest BCUT2D eigenvalue weighted by atomic mass is 35.5. The van der Waals surface area contributed by atoms with Crippen LogP contribution in [0.2, 0.25) is 5.02 Å². The van der Waals surface area contributed by atoms with Gasteiger partial charge in [-0.2, -0.15) is 0 Å². The van der Waals surface area contributed by atoms with Crippen LogP contribution in [-0.2, 0) is 9.59 Å². The van der Waals surface area contributed by atoms with Gasteiger partial charge in [-0.25, -0.2) is 0 Å². The molecule has 6 heteroatoms. The Kier molecular flexibility index (Phi) is 4.86. The normalized spacial score (nSPS) is 16.8. The van der Waals surface area contributed by atoms with E-state index in [-0.39, 0.29) is 24.0 Å². The average Bonchev–Trinajstić information content (AvgIpc) is 2.98. The first-order valence-electron chi connectivity index (χ1n) is 7.92. The van der Waals surface area contributed by atoms with E-state index in [1.165, 1.54) is 6.92 Å². The Morgan fingerprint density at radius 2 is 1.88 bits per heavy atom. The molecule has 1 aliphatic heterocycles. The van der Waals surface area contributed by atoms with E-state index in [1.54, 1.807) is 53.4 Å². The molecule has 128 valence electrons. The lowest BCUT2D eigenvalue weighted by Gasteiger charge is -2.16. The van der Waals surface area contributed by atoms with Gasteiger partial charge in [-0.1, -0.05) is 23.7 Å². The van der Waals surface area contributed by atoms with Crippen LogP contribution in [0, 0.1) is 5.92 Å². The zero-order valence-corrected chi connectivity index (χ0v) is 14.4. The molecular formula is C19H17ClN2O3. The van der Waals surface area contributed by atoms with Crippen molar-refractivity contribution >= 4 is 40.6 Å². The van der Waals surface area contributed by atoms with Crippen molar-refractivity contribution in [2.24, 2.45) is 5.92 Å². The van der Waals surface area contributed by atoms with Gasteiger partial charge in [0, 0.05) is 34.9 Å². The van der Waals surface area contributed by atoms with E-state index in [1.807, 2.05) is 0 Å². The number of hydrogen-bond donors (Lipinski definition) is 1. The number of ketones is 1. The maximum absolute atomic E-state index is 12.5. The smallest absolute Gasteiger partial charge is 0.229 e. The van der Waals surface area contributed by atoms with E-state index in [0.29, 0.717) is 22.8 Å². The summed E-state index contributed by atoms with van der Waals surface area (Å²) in [5.41, 5.74) is 1.81. The molecule has 0 unspecified atom stereocenters. The van der Waals surface area contributed by atoms with Crippen LogP contribution in [0.4, 0.5) is 11.4 Å². The predicted molar refractivity (Wildman–Crippen MR) is 97.0 cm³/mol. The van der Waals surface area contributed by atoms with E-state index in [9.17, 15) is 14.4 Å². The van der Waals surface area contributed by atoms with Gasteiger partial charge < -0.3 is 10.2 Å². The molecule has 1 atom stereocenters. The first-order chi connectivity index (χ1) is 11.9. The van der Waals surface area contributed by atoms with Crippen LogP contribution in [0.25, 0.3) is 0 Å². The molecule has 5 nitrogen and oxygen atoms in total. The number of anilines is 2. The molecule has 25 heavy (non-hydrogen) atoms. The molecule has 0 radical (unpaired) electrons. The third kappa shape index (κ3) is 3.88. The van der Waals surface area contributed by atoms with Crippen molar-refractivity contribution in [2.45, 2.75) is 13.3 Å². The highest BCUT2D eigenvalue weighted by Gasteiger charge is 2.35. The minimum absolute atomic E-state index is 0.0685. The number of nitrogens with zero attached hydrogens (tertiary/aromatic N) is 1. The third-order valence-corrected chi connectivity index (χ3v) is 4.42. The highest BCUT2D eigenvalue weighted by molar-refractivity contribution is 6.30. The number of Topliss-reactive ketones (excluding diaryl/α,β-unsaturated/α-hetero) is 1. The van der Waals surface area contributed by atoms with Gasteiger partial charge in [0.15, 0.2) is 5.78 Å². The van der Waals surface area contributed by atoms with Gasteiger partial charge in [0.1, 0.15) is 0 Å². The molecule has 1 fully saturated rings. The average molecular weight is 357 g/mol. The Hall–Kier alpha value is -2.66. The topological polar surface area (TPSA) is 66.5 Å². The number of carbonyl (C=O) groups is 3. The molecule has 0 aliphatic carbocycles. The van der Waals surface area contributed by atoms with Crippen molar-refractivity contribution in [3.05, 3.63) is 59.1 Å². The number of halogens is 1. The standard InChI is InChI=1S/C19H17ClN2O3/c1-12(23)13-3-2-4-16(9-13)21-19(25)14-10-18(24)22(11-14)17-7-5-15(20)6-8-17/h2-9,14H,10-11H2,1H3,(H,21,25)/t14-/m0/s1. The van der Waals surface area contributed by atoms with Crippen LogP contribution in [0.5, 0.6) is 0 Å². The third-order valence-electron chi connectivity index (χ3n) is 4.17. The van der Waals surface area contributed by atoms with E-state index in [0.717, 1.165) is 5.69 Å². The Morgan fingerprint density at radius 3 is 2.56 bits per heavy atom. The molecule has 0 bridgehead atoms. The summed E-state index contributed by atoms with van der Waals surface area (Å²) in [7, 11) is 0. The molecule has 0 spiro atoms. The Bertz CT molecular complexity index is 833. The van der Waals surface area contributed by atoms with Crippen LogP contribution in [0.3, 0.4) is 0 Å². The zero-order chi connectivity index (χ0) is 18.0. The summed E-state index contributed by atoms with van der Waals surface area (Å²) in [6.07, 6.45) is 0.154. The van der Waals surface area contributed by atoms with Crippen molar-refractivity contribution < 1.29 is 14.4 Å². The van der Waals surface area contributed by atoms with Gasteiger partial charge in [0.25, 0.3) is 0 Å². The molecular weight excluding hydrogens is 340 g/mol.